The Morgan fingerprint density at radius 1 is 1.06 bits per heavy atom. The summed E-state index contributed by atoms with van der Waals surface area (Å²) in [5, 5.41) is 16.8. The van der Waals surface area contributed by atoms with Gasteiger partial charge in [-0.15, -0.1) is 0 Å². The van der Waals surface area contributed by atoms with Crippen LogP contribution in [0.15, 0.2) is 42.5 Å². The summed E-state index contributed by atoms with van der Waals surface area (Å²) in [5.41, 5.74) is 0.868. The van der Waals surface area contributed by atoms with Crippen molar-refractivity contribution in [3.8, 4) is 5.75 Å². The van der Waals surface area contributed by atoms with Gasteiger partial charge in [0.05, 0.1) is 22.2 Å². The van der Waals surface area contributed by atoms with Crippen LogP contribution in [0.4, 0.5) is 9.18 Å². The minimum absolute atomic E-state index is 0.0962. The number of aliphatic hydroxyl groups excluding tert-OH is 1. The fourth-order valence-corrected chi connectivity index (χ4v) is 5.25. The molecule has 1 heterocycles. The molecule has 0 radical (unpaired) electrons. The summed E-state index contributed by atoms with van der Waals surface area (Å²) in [6, 6.07) is 10.1. The highest BCUT2D eigenvalue weighted by atomic mass is 35.5. The van der Waals surface area contributed by atoms with Gasteiger partial charge >= 0.3 is 6.09 Å². The molecule has 2 aromatic rings. The van der Waals surface area contributed by atoms with E-state index in [2.05, 4.69) is 10.6 Å². The van der Waals surface area contributed by atoms with Crippen molar-refractivity contribution in [2.45, 2.75) is 43.7 Å². The summed E-state index contributed by atoms with van der Waals surface area (Å²) in [6.45, 7) is 0.790. The molecule has 2 fully saturated rings. The fraction of sp³-hybridized carbons (Fsp3) is 0.440. The number of ether oxygens (including phenoxy) is 1. The molecule has 1 unspecified atom stereocenters. The first-order valence-corrected chi connectivity index (χ1v) is 12.2. The van der Waals surface area contributed by atoms with Crippen LogP contribution >= 0.6 is 23.2 Å². The van der Waals surface area contributed by atoms with Crippen molar-refractivity contribution in [1.29, 1.82) is 0 Å². The van der Waals surface area contributed by atoms with E-state index in [1.807, 2.05) is 6.07 Å². The standard InChI is InChI=1S/C25H27Cl2FN2O4/c26-20-10-3-15(11-21(20)27)22-16(13-30-25(33)34-19-8-4-17(28)5-9-19)12-29-23(22)24(32)14-1-6-18(31)7-2-14/h3-5,8-11,14,16,18,22-23,29,31H,1-2,6-7,12-13H2,(H,30,33)/t14?,16-,18?,22-,23?/m1/s1. The molecule has 3 N–H and O–H groups in total. The normalized spacial score (nSPS) is 26.8. The summed E-state index contributed by atoms with van der Waals surface area (Å²) in [7, 11) is 0. The predicted octanol–water partition coefficient (Wildman–Crippen LogP) is 4.71. The molecule has 1 amide bonds. The third-order valence-electron chi connectivity index (χ3n) is 6.73. The molecule has 0 bridgehead atoms. The third kappa shape index (κ3) is 5.89. The van der Waals surface area contributed by atoms with Gasteiger partial charge in [-0.25, -0.2) is 9.18 Å². The van der Waals surface area contributed by atoms with Crippen molar-refractivity contribution in [2.24, 2.45) is 11.8 Å². The molecule has 3 atom stereocenters. The van der Waals surface area contributed by atoms with E-state index < -0.39 is 18.0 Å². The fourth-order valence-electron chi connectivity index (χ4n) is 4.94. The van der Waals surface area contributed by atoms with Crippen molar-refractivity contribution in [3.63, 3.8) is 0 Å². The van der Waals surface area contributed by atoms with Gasteiger partial charge in [0, 0.05) is 24.9 Å². The lowest BCUT2D eigenvalue weighted by molar-refractivity contribution is -0.126. The molecule has 4 rings (SSSR count). The van der Waals surface area contributed by atoms with Crippen molar-refractivity contribution < 1.29 is 23.8 Å². The van der Waals surface area contributed by atoms with Crippen LogP contribution in [0.3, 0.4) is 0 Å². The zero-order valence-corrected chi connectivity index (χ0v) is 20.0. The Morgan fingerprint density at radius 3 is 2.44 bits per heavy atom. The van der Waals surface area contributed by atoms with Crippen molar-refractivity contribution in [3.05, 3.63) is 63.9 Å². The Labute approximate surface area is 207 Å². The maximum atomic E-state index is 13.4. The number of halogens is 3. The minimum Gasteiger partial charge on any atom is -0.410 e. The number of nitrogens with one attached hydrogen (secondary N) is 2. The number of rotatable bonds is 6. The van der Waals surface area contributed by atoms with E-state index in [1.54, 1.807) is 12.1 Å². The number of carbonyl (C=O) groups excluding carboxylic acids is 2. The molecule has 34 heavy (non-hydrogen) atoms. The first kappa shape index (κ1) is 24.9. The Balaban J connectivity index is 1.47. The number of aliphatic hydroxyl groups is 1. The second kappa shape index (κ2) is 11.0. The highest BCUT2D eigenvalue weighted by Gasteiger charge is 2.43. The summed E-state index contributed by atoms with van der Waals surface area (Å²) < 4.78 is 18.3. The highest BCUT2D eigenvalue weighted by Crippen LogP contribution is 2.38. The van der Waals surface area contributed by atoms with E-state index in [0.717, 1.165) is 5.56 Å². The van der Waals surface area contributed by atoms with Gasteiger partial charge in [0.1, 0.15) is 11.6 Å². The number of hydrogen-bond acceptors (Lipinski definition) is 5. The number of hydrogen-bond donors (Lipinski definition) is 3. The predicted molar refractivity (Wildman–Crippen MR) is 128 cm³/mol. The summed E-state index contributed by atoms with van der Waals surface area (Å²) >= 11 is 12.4. The van der Waals surface area contributed by atoms with E-state index in [4.69, 9.17) is 27.9 Å². The first-order valence-electron chi connectivity index (χ1n) is 11.4. The summed E-state index contributed by atoms with van der Waals surface area (Å²) in [5.74, 6) is -0.489. The average Bonchev–Trinajstić information content (AvgIpc) is 3.25. The van der Waals surface area contributed by atoms with Gasteiger partial charge in [0.2, 0.25) is 0 Å². The van der Waals surface area contributed by atoms with Crippen molar-refractivity contribution in [1.82, 2.24) is 10.6 Å². The lowest BCUT2D eigenvalue weighted by Crippen LogP contribution is -2.41. The van der Waals surface area contributed by atoms with E-state index in [0.29, 0.717) is 42.3 Å². The maximum absolute atomic E-state index is 13.4. The smallest absolute Gasteiger partial charge is 0.410 e. The van der Waals surface area contributed by atoms with Gasteiger partial charge in [0.15, 0.2) is 5.78 Å². The van der Waals surface area contributed by atoms with Crippen LogP contribution in [0.5, 0.6) is 5.75 Å². The highest BCUT2D eigenvalue weighted by molar-refractivity contribution is 6.42. The van der Waals surface area contributed by atoms with Crippen LogP contribution in [0.2, 0.25) is 10.0 Å². The molecule has 1 aliphatic heterocycles. The Hall–Kier alpha value is -2.19. The molecule has 2 aromatic carbocycles. The van der Waals surface area contributed by atoms with E-state index >= 15 is 0 Å². The van der Waals surface area contributed by atoms with Gasteiger partial charge in [-0.3, -0.25) is 4.79 Å². The number of benzene rings is 2. The lowest BCUT2D eigenvalue weighted by Gasteiger charge is -2.30. The molecule has 182 valence electrons. The molecule has 1 aliphatic carbocycles. The van der Waals surface area contributed by atoms with Crippen molar-refractivity contribution >= 4 is 35.1 Å². The third-order valence-corrected chi connectivity index (χ3v) is 7.47. The SMILES string of the molecule is O=C(NC[C@H]1CNC(C(=O)C2CCC(O)CC2)[C@@H]1c1ccc(Cl)c(Cl)c1)Oc1ccc(F)cc1. The molecule has 6 nitrogen and oxygen atoms in total. The van der Waals surface area contributed by atoms with Crippen LogP contribution in [0.25, 0.3) is 0 Å². The quantitative estimate of drug-likeness (QED) is 0.525. The molecular weight excluding hydrogens is 482 g/mol. The van der Waals surface area contributed by atoms with E-state index in [1.165, 1.54) is 24.3 Å². The zero-order chi connectivity index (χ0) is 24.2. The van der Waals surface area contributed by atoms with Crippen LogP contribution < -0.4 is 15.4 Å². The number of ketones is 1. The van der Waals surface area contributed by atoms with Crippen LogP contribution in [0.1, 0.15) is 37.2 Å². The zero-order valence-electron chi connectivity index (χ0n) is 18.5. The Kier molecular flexibility index (Phi) is 8.09. The van der Waals surface area contributed by atoms with Crippen LogP contribution in [0, 0.1) is 17.7 Å². The molecular formula is C25H27Cl2FN2O4. The minimum atomic E-state index is -0.657. The second-order valence-electron chi connectivity index (χ2n) is 8.98. The summed E-state index contributed by atoms with van der Waals surface area (Å²) in [4.78, 5) is 25.8. The molecule has 1 saturated heterocycles. The lowest BCUT2D eigenvalue weighted by atomic mass is 9.76. The number of Topliss-reactive ketones (excluding diaryl/α,β-unsaturated/α-hetero) is 1. The average molecular weight is 509 g/mol. The van der Waals surface area contributed by atoms with Gasteiger partial charge in [-0.05, 0) is 73.6 Å². The van der Waals surface area contributed by atoms with Crippen LogP contribution in [-0.2, 0) is 4.79 Å². The maximum Gasteiger partial charge on any atom is 0.412 e. The van der Waals surface area contributed by atoms with Gasteiger partial charge < -0.3 is 20.5 Å². The topological polar surface area (TPSA) is 87.7 Å². The molecule has 2 aliphatic rings. The van der Waals surface area contributed by atoms with Gasteiger partial charge in [-0.2, -0.15) is 0 Å². The first-order chi connectivity index (χ1) is 16.3. The van der Waals surface area contributed by atoms with E-state index in [-0.39, 0.29) is 41.9 Å². The number of carbonyl (C=O) groups is 2. The largest absolute Gasteiger partial charge is 0.412 e. The number of amides is 1. The molecule has 1 saturated carbocycles. The summed E-state index contributed by atoms with van der Waals surface area (Å²) in [6.07, 6.45) is 1.59. The van der Waals surface area contributed by atoms with Crippen LogP contribution in [-0.4, -0.2) is 42.2 Å². The van der Waals surface area contributed by atoms with Gasteiger partial charge in [0.25, 0.3) is 0 Å². The van der Waals surface area contributed by atoms with E-state index in [9.17, 15) is 19.1 Å². The molecule has 0 aromatic heterocycles. The molecule has 0 spiro atoms. The monoisotopic (exact) mass is 508 g/mol. The van der Waals surface area contributed by atoms with Gasteiger partial charge in [-0.1, -0.05) is 29.3 Å². The Bertz CT molecular complexity index is 1030. The Morgan fingerprint density at radius 2 is 1.76 bits per heavy atom. The molecule has 9 heteroatoms. The van der Waals surface area contributed by atoms with Crippen molar-refractivity contribution in [2.75, 3.05) is 13.1 Å². The second-order valence-corrected chi connectivity index (χ2v) is 9.79.